The molecule has 0 radical (unpaired) electrons. The molecular formula is C13H20NOP. The summed E-state index contributed by atoms with van der Waals surface area (Å²) in [6.45, 7) is 6.07. The Bertz CT molecular complexity index is 350. The summed E-state index contributed by atoms with van der Waals surface area (Å²) in [7, 11) is 2.89. The van der Waals surface area contributed by atoms with Gasteiger partial charge in [0.1, 0.15) is 5.48 Å². The van der Waals surface area contributed by atoms with Crippen LogP contribution in [0.3, 0.4) is 0 Å². The third-order valence-corrected chi connectivity index (χ3v) is 3.24. The molecule has 0 aromatic carbocycles. The maximum absolute atomic E-state index is 5.25. The van der Waals surface area contributed by atoms with E-state index in [0.717, 1.165) is 33.2 Å². The molecule has 88 valence electrons. The minimum absolute atomic E-state index is 0.987. The van der Waals surface area contributed by atoms with E-state index < -0.39 is 0 Å². The van der Waals surface area contributed by atoms with Crippen molar-refractivity contribution in [3.63, 3.8) is 0 Å². The predicted molar refractivity (Wildman–Crippen MR) is 72.3 cm³/mol. The van der Waals surface area contributed by atoms with Crippen LogP contribution >= 0.6 is 8.19 Å². The number of hydrogen-bond acceptors (Lipinski definition) is 2. The Morgan fingerprint density at radius 1 is 1.38 bits per heavy atom. The molecule has 0 bridgehead atoms. The van der Waals surface area contributed by atoms with E-state index in [-0.39, 0.29) is 0 Å². The van der Waals surface area contributed by atoms with Gasteiger partial charge in [0.15, 0.2) is 0 Å². The second kappa shape index (κ2) is 7.43. The lowest BCUT2D eigenvalue weighted by atomic mass is 10.0. The van der Waals surface area contributed by atoms with Gasteiger partial charge >= 0.3 is 0 Å². The molecule has 0 aliphatic carbocycles. The van der Waals surface area contributed by atoms with Crippen LogP contribution in [0.4, 0.5) is 0 Å². The van der Waals surface area contributed by atoms with E-state index in [1.54, 1.807) is 7.11 Å². The summed E-state index contributed by atoms with van der Waals surface area (Å²) >= 11 is 0. The summed E-state index contributed by atoms with van der Waals surface area (Å²) in [6.07, 6.45) is 3.37. The predicted octanol–water partition coefficient (Wildman–Crippen LogP) is 3.68. The lowest BCUT2D eigenvalue weighted by Gasteiger charge is -2.14. The number of ether oxygens (including phenoxy) is 1. The van der Waals surface area contributed by atoms with Gasteiger partial charge in [0.25, 0.3) is 0 Å². The first-order chi connectivity index (χ1) is 7.90. The van der Waals surface area contributed by atoms with E-state index >= 15 is 0 Å². The Kier molecular flexibility index (Phi) is 6.14. The van der Waals surface area contributed by atoms with Crippen LogP contribution < -0.4 is 10.1 Å². The zero-order chi connectivity index (χ0) is 11.8. The first-order valence-corrected chi connectivity index (χ1v) is 6.76. The molecule has 1 aliphatic rings. The molecule has 1 N–H and O–H groups in total. The van der Waals surface area contributed by atoms with Crippen molar-refractivity contribution < 1.29 is 4.74 Å². The fraction of sp³-hybridized carbons (Fsp3) is 0.462. The van der Waals surface area contributed by atoms with Crippen LogP contribution in [0.5, 0.6) is 5.48 Å². The van der Waals surface area contributed by atoms with Gasteiger partial charge in [0, 0.05) is 6.54 Å². The van der Waals surface area contributed by atoms with Crippen LogP contribution in [0.15, 0.2) is 24.0 Å². The molecule has 0 unspecified atom stereocenters. The third kappa shape index (κ3) is 3.62. The molecule has 2 nitrogen and oxygen atoms in total. The zero-order valence-electron chi connectivity index (χ0n) is 10.3. The first-order valence-electron chi connectivity index (χ1n) is 5.80. The molecule has 0 saturated carbocycles. The van der Waals surface area contributed by atoms with Gasteiger partial charge in [-0.05, 0) is 50.2 Å². The molecule has 1 aliphatic heterocycles. The van der Waals surface area contributed by atoms with Crippen molar-refractivity contribution in [2.75, 3.05) is 20.2 Å². The highest BCUT2D eigenvalue weighted by molar-refractivity contribution is 7.31. The minimum Gasteiger partial charge on any atom is -0.492 e. The zero-order valence-corrected chi connectivity index (χ0v) is 11.2. The van der Waals surface area contributed by atoms with E-state index in [2.05, 4.69) is 29.3 Å². The topological polar surface area (TPSA) is 21.3 Å². The Morgan fingerprint density at radius 2 is 2.19 bits per heavy atom. The number of rotatable bonds is 2. The third-order valence-electron chi connectivity index (χ3n) is 2.38. The summed E-state index contributed by atoms with van der Waals surface area (Å²) in [4.78, 5) is 0. The van der Waals surface area contributed by atoms with E-state index in [4.69, 9.17) is 4.74 Å². The van der Waals surface area contributed by atoms with Crippen LogP contribution in [0.25, 0.3) is 5.57 Å². The average molecular weight is 237 g/mol. The van der Waals surface area contributed by atoms with Gasteiger partial charge in [0.05, 0.1) is 7.11 Å². The Morgan fingerprint density at radius 3 is 2.81 bits per heavy atom. The quantitative estimate of drug-likeness (QED) is 0.847. The largest absolute Gasteiger partial charge is 0.492 e. The lowest BCUT2D eigenvalue weighted by Crippen LogP contribution is -2.19. The van der Waals surface area contributed by atoms with Crippen molar-refractivity contribution in [3.05, 3.63) is 29.6 Å². The van der Waals surface area contributed by atoms with Crippen LogP contribution in [-0.4, -0.2) is 20.2 Å². The first kappa shape index (κ1) is 13.2. The van der Waals surface area contributed by atoms with Crippen molar-refractivity contribution in [1.82, 2.24) is 5.32 Å². The SMILES string of the molecule is CC.COc1cc(C2=CCNCC2)ccp1. The number of hydrogen-bond donors (Lipinski definition) is 1. The van der Waals surface area contributed by atoms with Gasteiger partial charge < -0.3 is 10.1 Å². The van der Waals surface area contributed by atoms with E-state index in [1.165, 1.54) is 11.1 Å². The van der Waals surface area contributed by atoms with Gasteiger partial charge in [-0.15, -0.1) is 0 Å². The molecular weight excluding hydrogens is 217 g/mol. The molecule has 16 heavy (non-hydrogen) atoms. The Labute approximate surface area is 99.8 Å². The Hall–Kier alpha value is -0.850. The fourth-order valence-corrected chi connectivity index (χ4v) is 2.31. The number of nitrogens with one attached hydrogen (secondary N) is 1. The highest BCUT2D eigenvalue weighted by Crippen LogP contribution is 2.29. The van der Waals surface area contributed by atoms with Crippen LogP contribution in [0, 0.1) is 0 Å². The Balaban J connectivity index is 0.000000606. The molecule has 2 heterocycles. The molecule has 0 fully saturated rings. The van der Waals surface area contributed by atoms with E-state index in [1.807, 2.05) is 13.8 Å². The molecule has 0 spiro atoms. The van der Waals surface area contributed by atoms with Crippen LogP contribution in [0.2, 0.25) is 0 Å². The van der Waals surface area contributed by atoms with Gasteiger partial charge in [-0.3, -0.25) is 0 Å². The summed E-state index contributed by atoms with van der Waals surface area (Å²) in [5, 5.41) is 3.31. The van der Waals surface area contributed by atoms with Gasteiger partial charge in [-0.1, -0.05) is 19.9 Å². The second-order valence-corrected chi connectivity index (χ2v) is 4.27. The molecule has 0 amide bonds. The summed E-state index contributed by atoms with van der Waals surface area (Å²) in [6, 6.07) is 4.32. The van der Waals surface area contributed by atoms with Crippen molar-refractivity contribution >= 4 is 13.8 Å². The molecule has 2 rings (SSSR count). The van der Waals surface area contributed by atoms with Gasteiger partial charge in [-0.2, -0.15) is 0 Å². The van der Waals surface area contributed by atoms with Crippen LogP contribution in [-0.2, 0) is 0 Å². The number of methoxy groups -OCH3 is 1. The molecule has 1 aromatic heterocycles. The standard InChI is InChI=1S/C11H14NOP.C2H6/c1-13-11-8-10(4-7-14-11)9-2-5-12-6-3-9;1-2/h2,4,7-8,12H,3,5-6H2,1H3;1-2H3. The smallest absolute Gasteiger partial charge is 0.145 e. The monoisotopic (exact) mass is 237 g/mol. The molecule has 0 saturated heterocycles. The maximum atomic E-state index is 5.25. The van der Waals surface area contributed by atoms with Crippen molar-refractivity contribution in [2.24, 2.45) is 0 Å². The fourth-order valence-electron chi connectivity index (χ4n) is 1.61. The summed E-state index contributed by atoms with van der Waals surface area (Å²) in [5.74, 6) is 2.14. The van der Waals surface area contributed by atoms with Crippen LogP contribution in [0.1, 0.15) is 25.8 Å². The molecule has 0 atom stereocenters. The highest BCUT2D eigenvalue weighted by atomic mass is 31.0. The van der Waals surface area contributed by atoms with Gasteiger partial charge in [-0.25, -0.2) is 0 Å². The molecule has 3 heteroatoms. The average Bonchev–Trinajstić information content (AvgIpc) is 2.42. The van der Waals surface area contributed by atoms with Crippen molar-refractivity contribution in [1.29, 1.82) is 0 Å². The van der Waals surface area contributed by atoms with E-state index in [0.29, 0.717) is 0 Å². The second-order valence-electron chi connectivity index (χ2n) is 3.27. The van der Waals surface area contributed by atoms with E-state index in [9.17, 15) is 0 Å². The van der Waals surface area contributed by atoms with Gasteiger partial charge in [0.2, 0.25) is 0 Å². The van der Waals surface area contributed by atoms with Crippen molar-refractivity contribution in [3.8, 4) is 5.48 Å². The maximum Gasteiger partial charge on any atom is 0.145 e. The normalized spacial score (nSPS) is 15.1. The van der Waals surface area contributed by atoms with Crippen molar-refractivity contribution in [2.45, 2.75) is 20.3 Å². The minimum atomic E-state index is 0.987. The summed E-state index contributed by atoms with van der Waals surface area (Å²) in [5.41, 5.74) is 3.77. The highest BCUT2D eigenvalue weighted by Gasteiger charge is 2.05. The summed E-state index contributed by atoms with van der Waals surface area (Å²) < 4.78 is 5.25. The lowest BCUT2D eigenvalue weighted by molar-refractivity contribution is 0.427. The molecule has 1 aromatic rings.